The van der Waals surface area contributed by atoms with Crippen molar-refractivity contribution in [3.8, 4) is 39.9 Å². The minimum absolute atomic E-state index is 0.120. The maximum Gasteiger partial charge on any atom is 0.262 e. The van der Waals surface area contributed by atoms with E-state index in [2.05, 4.69) is 9.97 Å². The molecule has 0 saturated heterocycles. The molecule has 6 nitrogen and oxygen atoms in total. The smallest absolute Gasteiger partial charge is 0.262 e. The summed E-state index contributed by atoms with van der Waals surface area (Å²) < 4.78 is 10.2. The third-order valence-electron chi connectivity index (χ3n) is 3.64. The Kier molecular flexibility index (Phi) is 4.20. The summed E-state index contributed by atoms with van der Waals surface area (Å²) in [4.78, 5) is 19.2. The SMILES string of the molecule is COc1ccc(-c2nc(O)c(-c3ccc(OC)cc3)c(=O)[nH]2)cc1. The summed E-state index contributed by atoms with van der Waals surface area (Å²) in [5, 5.41) is 10.2. The van der Waals surface area contributed by atoms with E-state index in [1.807, 2.05) is 0 Å². The number of H-pyrrole nitrogens is 1. The van der Waals surface area contributed by atoms with Gasteiger partial charge in [-0.2, -0.15) is 4.98 Å². The molecule has 6 heteroatoms. The molecule has 3 rings (SSSR count). The fourth-order valence-corrected chi connectivity index (χ4v) is 2.36. The molecule has 0 bridgehead atoms. The molecule has 0 saturated carbocycles. The molecule has 1 heterocycles. The Bertz CT molecular complexity index is 900. The number of nitrogens with one attached hydrogen (secondary N) is 1. The van der Waals surface area contributed by atoms with Gasteiger partial charge in [-0.15, -0.1) is 0 Å². The molecular formula is C18H16N2O4. The van der Waals surface area contributed by atoms with Crippen LogP contribution in [0.4, 0.5) is 0 Å². The first kappa shape index (κ1) is 15.6. The number of methoxy groups -OCH3 is 2. The minimum atomic E-state index is -0.418. The molecule has 2 N–H and O–H groups in total. The van der Waals surface area contributed by atoms with Crippen LogP contribution < -0.4 is 15.0 Å². The molecule has 2 aromatic carbocycles. The molecule has 24 heavy (non-hydrogen) atoms. The quantitative estimate of drug-likeness (QED) is 0.771. The maximum atomic E-state index is 12.4. The van der Waals surface area contributed by atoms with Gasteiger partial charge in [0.05, 0.1) is 14.2 Å². The lowest BCUT2D eigenvalue weighted by Crippen LogP contribution is -2.12. The summed E-state index contributed by atoms with van der Waals surface area (Å²) in [5.74, 6) is 1.32. The van der Waals surface area contributed by atoms with Crippen LogP contribution in [-0.2, 0) is 0 Å². The highest BCUT2D eigenvalue weighted by Crippen LogP contribution is 2.27. The van der Waals surface area contributed by atoms with Gasteiger partial charge >= 0.3 is 0 Å². The van der Waals surface area contributed by atoms with Crippen LogP contribution in [0.3, 0.4) is 0 Å². The van der Waals surface area contributed by atoms with E-state index in [1.165, 1.54) is 0 Å². The standard InChI is InChI=1S/C18H16N2O4/c1-23-13-7-3-11(4-8-13)15-17(21)19-16(20-18(15)22)12-5-9-14(24-2)10-6-12/h3-10H,1-2H3,(H2,19,20,21,22). The molecule has 0 aliphatic rings. The predicted molar refractivity (Wildman–Crippen MR) is 90.5 cm³/mol. The third-order valence-corrected chi connectivity index (χ3v) is 3.64. The number of aromatic nitrogens is 2. The molecule has 0 fully saturated rings. The van der Waals surface area contributed by atoms with Crippen LogP contribution >= 0.6 is 0 Å². The van der Waals surface area contributed by atoms with E-state index >= 15 is 0 Å². The predicted octanol–water partition coefficient (Wildman–Crippen LogP) is 2.83. The van der Waals surface area contributed by atoms with Crippen molar-refractivity contribution in [2.24, 2.45) is 0 Å². The Balaban J connectivity index is 2.03. The lowest BCUT2D eigenvalue weighted by molar-refractivity contribution is 0.414. The first-order chi connectivity index (χ1) is 11.6. The van der Waals surface area contributed by atoms with Gasteiger partial charge in [0, 0.05) is 5.56 Å². The number of aromatic hydroxyl groups is 1. The summed E-state index contributed by atoms with van der Waals surface area (Å²) in [6, 6.07) is 13.8. The Morgan fingerprint density at radius 3 is 1.83 bits per heavy atom. The summed E-state index contributed by atoms with van der Waals surface area (Å²) in [6.07, 6.45) is 0. The topological polar surface area (TPSA) is 84.4 Å². The molecule has 0 unspecified atom stereocenters. The first-order valence-electron chi connectivity index (χ1n) is 7.24. The van der Waals surface area contributed by atoms with Crippen LogP contribution in [-0.4, -0.2) is 29.3 Å². The highest BCUT2D eigenvalue weighted by Gasteiger charge is 2.14. The lowest BCUT2D eigenvalue weighted by atomic mass is 10.1. The van der Waals surface area contributed by atoms with Gasteiger partial charge in [0.2, 0.25) is 5.88 Å². The summed E-state index contributed by atoms with van der Waals surface area (Å²) in [7, 11) is 3.13. The Morgan fingerprint density at radius 1 is 0.875 bits per heavy atom. The van der Waals surface area contributed by atoms with E-state index in [0.29, 0.717) is 22.6 Å². The van der Waals surface area contributed by atoms with E-state index in [0.717, 1.165) is 0 Å². The number of benzene rings is 2. The molecule has 0 atom stereocenters. The van der Waals surface area contributed by atoms with Crippen molar-refractivity contribution < 1.29 is 14.6 Å². The highest BCUT2D eigenvalue weighted by molar-refractivity contribution is 5.69. The van der Waals surface area contributed by atoms with E-state index < -0.39 is 5.56 Å². The number of hydrogen-bond donors (Lipinski definition) is 2. The lowest BCUT2D eigenvalue weighted by Gasteiger charge is -2.08. The molecule has 0 amide bonds. The molecule has 1 aromatic heterocycles. The summed E-state index contributed by atoms with van der Waals surface area (Å²) in [5.41, 5.74) is 0.932. The van der Waals surface area contributed by atoms with Crippen molar-refractivity contribution in [1.82, 2.24) is 9.97 Å². The first-order valence-corrected chi connectivity index (χ1v) is 7.24. The highest BCUT2D eigenvalue weighted by atomic mass is 16.5. The van der Waals surface area contributed by atoms with Crippen molar-refractivity contribution in [2.75, 3.05) is 14.2 Å². The molecular weight excluding hydrogens is 308 g/mol. The van der Waals surface area contributed by atoms with Crippen LogP contribution in [0.5, 0.6) is 17.4 Å². The summed E-state index contributed by atoms with van der Waals surface area (Å²) in [6.45, 7) is 0. The van der Waals surface area contributed by atoms with Crippen molar-refractivity contribution in [3.63, 3.8) is 0 Å². The number of rotatable bonds is 4. The van der Waals surface area contributed by atoms with E-state index in [-0.39, 0.29) is 17.3 Å². The normalized spacial score (nSPS) is 10.4. The second-order valence-electron chi connectivity index (χ2n) is 5.07. The van der Waals surface area contributed by atoms with Gasteiger partial charge in [0.1, 0.15) is 22.9 Å². The minimum Gasteiger partial charge on any atom is -0.497 e. The third kappa shape index (κ3) is 2.94. The largest absolute Gasteiger partial charge is 0.497 e. The number of nitrogens with zero attached hydrogens (tertiary/aromatic N) is 1. The van der Waals surface area contributed by atoms with Gasteiger partial charge in [0.15, 0.2) is 0 Å². The number of ether oxygens (including phenoxy) is 2. The zero-order valence-corrected chi connectivity index (χ0v) is 13.2. The van der Waals surface area contributed by atoms with Crippen molar-refractivity contribution in [2.45, 2.75) is 0 Å². The molecule has 0 spiro atoms. The van der Waals surface area contributed by atoms with Crippen molar-refractivity contribution in [1.29, 1.82) is 0 Å². The van der Waals surface area contributed by atoms with Gasteiger partial charge in [0.25, 0.3) is 5.56 Å². The zero-order valence-electron chi connectivity index (χ0n) is 13.2. The molecule has 0 aliphatic carbocycles. The Labute approximate surface area is 138 Å². The van der Waals surface area contributed by atoms with Gasteiger partial charge < -0.3 is 19.6 Å². The Morgan fingerprint density at radius 2 is 1.38 bits per heavy atom. The molecule has 3 aromatic rings. The number of aromatic amines is 1. The van der Waals surface area contributed by atoms with Crippen molar-refractivity contribution in [3.05, 3.63) is 58.9 Å². The van der Waals surface area contributed by atoms with Gasteiger partial charge in [-0.1, -0.05) is 12.1 Å². The fraction of sp³-hybridized carbons (Fsp3) is 0.111. The average Bonchev–Trinajstić information content (AvgIpc) is 2.61. The van der Waals surface area contributed by atoms with Crippen LogP contribution in [0.2, 0.25) is 0 Å². The second kappa shape index (κ2) is 6.45. The monoisotopic (exact) mass is 324 g/mol. The molecule has 122 valence electrons. The maximum absolute atomic E-state index is 12.4. The van der Waals surface area contributed by atoms with Crippen LogP contribution in [0, 0.1) is 0 Å². The fourth-order valence-electron chi connectivity index (χ4n) is 2.36. The van der Waals surface area contributed by atoms with Gasteiger partial charge in [-0.05, 0) is 42.0 Å². The number of hydrogen-bond acceptors (Lipinski definition) is 5. The van der Waals surface area contributed by atoms with E-state index in [9.17, 15) is 9.90 Å². The van der Waals surface area contributed by atoms with E-state index in [4.69, 9.17) is 9.47 Å². The van der Waals surface area contributed by atoms with Crippen LogP contribution in [0.1, 0.15) is 0 Å². The molecule has 0 radical (unpaired) electrons. The second-order valence-corrected chi connectivity index (χ2v) is 5.07. The van der Waals surface area contributed by atoms with Crippen LogP contribution in [0.15, 0.2) is 53.3 Å². The van der Waals surface area contributed by atoms with Gasteiger partial charge in [-0.3, -0.25) is 4.79 Å². The van der Waals surface area contributed by atoms with E-state index in [1.54, 1.807) is 62.8 Å². The van der Waals surface area contributed by atoms with Gasteiger partial charge in [-0.25, -0.2) is 0 Å². The zero-order chi connectivity index (χ0) is 17.1. The van der Waals surface area contributed by atoms with Crippen molar-refractivity contribution >= 4 is 0 Å². The Hall–Kier alpha value is -3.28. The average molecular weight is 324 g/mol. The summed E-state index contributed by atoms with van der Waals surface area (Å²) >= 11 is 0. The van der Waals surface area contributed by atoms with Crippen LogP contribution in [0.25, 0.3) is 22.5 Å². The molecule has 0 aliphatic heterocycles.